The maximum atomic E-state index is 12.9. The van der Waals surface area contributed by atoms with Crippen molar-refractivity contribution in [1.82, 2.24) is 4.57 Å². The number of carboxylic acid groups (broad SMARTS) is 2. The fraction of sp³-hybridized carbons (Fsp3) is 0.242. The molecule has 2 N–H and O–H groups in total. The Morgan fingerprint density at radius 1 is 0.780 bits per heavy atom. The maximum absolute atomic E-state index is 12.9. The highest BCUT2D eigenvalue weighted by Crippen LogP contribution is 2.31. The van der Waals surface area contributed by atoms with Crippen molar-refractivity contribution in [3.05, 3.63) is 95.2 Å². The number of Topliss-reactive ketones (excluding diaryl/α,β-unsaturated/α-hetero) is 1. The number of ketones is 1. The molecule has 8 heteroatoms. The zero-order valence-electron chi connectivity index (χ0n) is 22.9. The predicted octanol–water partition coefficient (Wildman–Crippen LogP) is 6.49. The number of para-hydroxylation sites is 1. The van der Waals surface area contributed by atoms with Crippen LogP contribution in [-0.2, 0) is 16.1 Å². The van der Waals surface area contributed by atoms with Crippen LogP contribution in [0.25, 0.3) is 23.1 Å². The Bertz CT molecular complexity index is 1540. The molecule has 4 aromatic rings. The Morgan fingerprint density at radius 3 is 2.07 bits per heavy atom. The largest absolute Gasteiger partial charge is 0.494 e. The summed E-state index contributed by atoms with van der Waals surface area (Å²) in [5, 5.41) is 19.1. The van der Waals surface area contributed by atoms with Gasteiger partial charge in [-0.1, -0.05) is 54.6 Å². The van der Waals surface area contributed by atoms with Crippen LogP contribution in [0.15, 0.2) is 72.9 Å². The number of aliphatic carboxylic acids is 2. The average Bonchev–Trinajstić information content (AvgIpc) is 3.34. The van der Waals surface area contributed by atoms with E-state index >= 15 is 0 Å². The molecule has 1 heterocycles. The lowest BCUT2D eigenvalue weighted by Crippen LogP contribution is -2.08. The van der Waals surface area contributed by atoms with Crippen molar-refractivity contribution in [2.75, 3.05) is 13.2 Å². The zero-order valence-corrected chi connectivity index (χ0v) is 22.9. The number of ether oxygens (including phenoxy) is 2. The first-order valence-corrected chi connectivity index (χ1v) is 13.5. The Kier molecular flexibility index (Phi) is 9.94. The van der Waals surface area contributed by atoms with Gasteiger partial charge >= 0.3 is 11.9 Å². The number of nitrogens with zero attached hydrogens (tertiary/aromatic N) is 1. The third kappa shape index (κ3) is 8.08. The second kappa shape index (κ2) is 14.0. The monoisotopic (exact) mass is 555 g/mol. The zero-order chi connectivity index (χ0) is 29.2. The number of carboxylic acids is 2. The molecule has 0 saturated heterocycles. The minimum atomic E-state index is -1.06. The number of carbonyl (C=O) groups is 3. The van der Waals surface area contributed by atoms with E-state index in [9.17, 15) is 19.5 Å². The van der Waals surface area contributed by atoms with Crippen LogP contribution in [0.1, 0.15) is 52.7 Å². The Labute approximate surface area is 238 Å². The van der Waals surface area contributed by atoms with Crippen LogP contribution >= 0.6 is 0 Å². The minimum absolute atomic E-state index is 0.156. The number of rotatable bonds is 15. The lowest BCUT2D eigenvalue weighted by atomic mass is 9.99. The average molecular weight is 556 g/mol. The molecular formula is C33H33NO7. The van der Waals surface area contributed by atoms with Crippen molar-refractivity contribution in [3.63, 3.8) is 0 Å². The summed E-state index contributed by atoms with van der Waals surface area (Å²) in [6, 6.07) is 21.2. The number of hydrogen-bond donors (Lipinski definition) is 2. The lowest BCUT2D eigenvalue weighted by molar-refractivity contribution is -0.138. The van der Waals surface area contributed by atoms with Gasteiger partial charge in [0, 0.05) is 23.6 Å². The van der Waals surface area contributed by atoms with Gasteiger partial charge in [0.1, 0.15) is 18.0 Å². The first-order chi connectivity index (χ1) is 19.8. The van der Waals surface area contributed by atoms with Gasteiger partial charge in [0.05, 0.1) is 25.2 Å². The van der Waals surface area contributed by atoms with E-state index in [0.717, 1.165) is 41.0 Å². The molecule has 41 heavy (non-hydrogen) atoms. The Morgan fingerprint density at radius 2 is 1.44 bits per heavy atom. The van der Waals surface area contributed by atoms with E-state index in [4.69, 9.17) is 14.6 Å². The maximum Gasteiger partial charge on any atom is 0.323 e. The van der Waals surface area contributed by atoms with Gasteiger partial charge < -0.3 is 24.3 Å². The van der Waals surface area contributed by atoms with Gasteiger partial charge in [-0.25, -0.2) is 0 Å². The molecule has 0 amide bonds. The minimum Gasteiger partial charge on any atom is -0.494 e. The summed E-state index contributed by atoms with van der Waals surface area (Å²) in [4.78, 5) is 35.4. The molecule has 0 radical (unpaired) electrons. The van der Waals surface area contributed by atoms with Gasteiger partial charge in [0.25, 0.3) is 0 Å². The molecule has 0 unspecified atom stereocenters. The summed E-state index contributed by atoms with van der Waals surface area (Å²) in [6.07, 6.45) is 6.63. The topological polar surface area (TPSA) is 115 Å². The molecule has 3 aromatic carbocycles. The normalized spacial score (nSPS) is 11.1. The number of carbonyl (C=O) groups excluding carboxylic acids is 1. The van der Waals surface area contributed by atoms with Crippen molar-refractivity contribution in [2.24, 2.45) is 0 Å². The van der Waals surface area contributed by atoms with E-state index in [2.05, 4.69) is 0 Å². The number of hydrogen-bond acceptors (Lipinski definition) is 5. The van der Waals surface area contributed by atoms with Gasteiger partial charge in [-0.15, -0.1) is 0 Å². The smallest absolute Gasteiger partial charge is 0.323 e. The van der Waals surface area contributed by atoms with Crippen LogP contribution in [0.2, 0.25) is 0 Å². The standard InChI is InChI=1S/C33H33NO7/c1-23-9-13-25(33-32(23)28(21-34(33)22-31(38)39)29(35)17-18-30(36)37)14-10-24-11-15-27(16-12-24)41-20-6-5-19-40-26-7-3-2-4-8-26/h2-4,7-16,21H,5-6,17-20,22H2,1H3,(H,36,37)(H,38,39). The van der Waals surface area contributed by atoms with E-state index in [1.165, 1.54) is 6.20 Å². The van der Waals surface area contributed by atoms with Gasteiger partial charge in [-0.3, -0.25) is 14.4 Å². The number of benzene rings is 3. The third-order valence-corrected chi connectivity index (χ3v) is 6.59. The van der Waals surface area contributed by atoms with Gasteiger partial charge in [-0.05, 0) is 60.7 Å². The van der Waals surface area contributed by atoms with E-state index < -0.39 is 11.9 Å². The first-order valence-electron chi connectivity index (χ1n) is 13.5. The number of fused-ring (bicyclic) bond motifs is 1. The second-order valence-electron chi connectivity index (χ2n) is 9.70. The third-order valence-electron chi connectivity index (χ3n) is 6.59. The van der Waals surface area contributed by atoms with E-state index in [1.807, 2.05) is 85.8 Å². The second-order valence-corrected chi connectivity index (χ2v) is 9.70. The van der Waals surface area contributed by atoms with E-state index in [1.54, 1.807) is 4.57 Å². The summed E-state index contributed by atoms with van der Waals surface area (Å²) in [7, 11) is 0. The molecular weight excluding hydrogens is 522 g/mol. The highest BCUT2D eigenvalue weighted by atomic mass is 16.5. The van der Waals surface area contributed by atoms with Crippen molar-refractivity contribution in [3.8, 4) is 11.5 Å². The van der Waals surface area contributed by atoms with Crippen molar-refractivity contribution >= 4 is 40.8 Å². The molecule has 0 bridgehead atoms. The van der Waals surface area contributed by atoms with Crippen LogP contribution in [0.3, 0.4) is 0 Å². The van der Waals surface area contributed by atoms with Gasteiger partial charge in [0.15, 0.2) is 5.78 Å². The molecule has 212 valence electrons. The molecule has 0 atom stereocenters. The molecule has 4 rings (SSSR count). The molecule has 1 aromatic heterocycles. The van der Waals surface area contributed by atoms with Crippen LogP contribution in [0, 0.1) is 6.92 Å². The van der Waals surface area contributed by atoms with Gasteiger partial charge in [-0.2, -0.15) is 0 Å². The fourth-order valence-corrected chi connectivity index (χ4v) is 4.58. The van der Waals surface area contributed by atoms with Crippen LogP contribution in [0.4, 0.5) is 0 Å². The van der Waals surface area contributed by atoms with Crippen molar-refractivity contribution in [2.45, 2.75) is 39.2 Å². The number of aromatic nitrogens is 1. The SMILES string of the molecule is Cc1ccc(C=Cc2ccc(OCCCCOc3ccccc3)cc2)c2c1c(C(=O)CCC(=O)O)cn2CC(=O)O. The Hall–Kier alpha value is -4.85. The summed E-state index contributed by atoms with van der Waals surface area (Å²) < 4.78 is 13.1. The summed E-state index contributed by atoms with van der Waals surface area (Å²) in [6.45, 7) is 2.75. The molecule has 0 saturated carbocycles. The Balaban J connectivity index is 1.42. The number of aryl methyl sites for hydroxylation is 1. The predicted molar refractivity (Wildman–Crippen MR) is 158 cm³/mol. The van der Waals surface area contributed by atoms with Gasteiger partial charge in [0.2, 0.25) is 0 Å². The molecule has 8 nitrogen and oxygen atoms in total. The lowest BCUT2D eigenvalue weighted by Gasteiger charge is -2.08. The van der Waals surface area contributed by atoms with Crippen LogP contribution in [0.5, 0.6) is 11.5 Å². The first kappa shape index (κ1) is 29.1. The van der Waals surface area contributed by atoms with Crippen LogP contribution in [-0.4, -0.2) is 45.7 Å². The summed E-state index contributed by atoms with van der Waals surface area (Å²) >= 11 is 0. The quantitative estimate of drug-likeness (QED) is 0.0979. The summed E-state index contributed by atoms with van der Waals surface area (Å²) in [5.74, 6) is -0.794. The fourth-order valence-electron chi connectivity index (χ4n) is 4.58. The highest BCUT2D eigenvalue weighted by molar-refractivity contribution is 6.11. The van der Waals surface area contributed by atoms with E-state index in [-0.39, 0.29) is 25.2 Å². The molecule has 0 spiro atoms. The van der Waals surface area contributed by atoms with Crippen LogP contribution < -0.4 is 9.47 Å². The highest BCUT2D eigenvalue weighted by Gasteiger charge is 2.20. The molecule has 0 fully saturated rings. The summed E-state index contributed by atoms with van der Waals surface area (Å²) in [5.41, 5.74) is 3.45. The molecule has 0 aliphatic heterocycles. The van der Waals surface area contributed by atoms with Crippen molar-refractivity contribution < 1.29 is 34.1 Å². The van der Waals surface area contributed by atoms with Crippen molar-refractivity contribution in [1.29, 1.82) is 0 Å². The number of unbranched alkanes of at least 4 members (excludes halogenated alkanes) is 1. The molecule has 0 aliphatic rings. The van der Waals surface area contributed by atoms with E-state index in [0.29, 0.717) is 29.7 Å². The molecule has 0 aliphatic carbocycles.